The summed E-state index contributed by atoms with van der Waals surface area (Å²) in [4.78, 5) is 8.60. The van der Waals surface area contributed by atoms with Gasteiger partial charge in [0.25, 0.3) is 5.88 Å². The van der Waals surface area contributed by atoms with Gasteiger partial charge in [0.1, 0.15) is 11.6 Å². The average molecular weight is 491 g/mol. The van der Waals surface area contributed by atoms with Crippen LogP contribution in [-0.2, 0) is 23.0 Å². The van der Waals surface area contributed by atoms with Crippen molar-refractivity contribution in [3.63, 3.8) is 0 Å². The van der Waals surface area contributed by atoms with E-state index >= 15 is 0 Å². The van der Waals surface area contributed by atoms with Crippen molar-refractivity contribution in [2.24, 2.45) is 5.41 Å². The van der Waals surface area contributed by atoms with Crippen LogP contribution >= 0.6 is 0 Å². The van der Waals surface area contributed by atoms with Crippen molar-refractivity contribution in [3.8, 4) is 29.1 Å². The lowest BCUT2D eigenvalue weighted by Gasteiger charge is -2.32. The highest BCUT2D eigenvalue weighted by Gasteiger charge is 2.49. The largest absolute Gasteiger partial charge is 0.534 e. The molecule has 0 saturated carbocycles. The van der Waals surface area contributed by atoms with Crippen molar-refractivity contribution in [1.82, 2.24) is 9.97 Å². The smallest absolute Gasteiger partial charge is 0.481 e. The maximum Gasteiger partial charge on any atom is 0.534 e. The first-order valence-corrected chi connectivity index (χ1v) is 11.7. The zero-order chi connectivity index (χ0) is 24.9. The SMILES string of the molecule is COc1cc2ccccc2c(-c2c(C#N)c(OS(=O)(=O)C(F)(F)F)nc3c2CCC(C)(C)C3)n1. The van der Waals surface area contributed by atoms with E-state index in [4.69, 9.17) is 4.74 Å². The Labute approximate surface area is 194 Å². The van der Waals surface area contributed by atoms with E-state index in [1.165, 1.54) is 7.11 Å². The summed E-state index contributed by atoms with van der Waals surface area (Å²) in [6.07, 6.45) is 1.55. The van der Waals surface area contributed by atoms with E-state index in [-0.39, 0.29) is 22.6 Å². The summed E-state index contributed by atoms with van der Waals surface area (Å²) in [6, 6.07) is 10.6. The molecule has 0 aliphatic heterocycles. The Kier molecular flexibility index (Phi) is 5.68. The van der Waals surface area contributed by atoms with Crippen LogP contribution in [0.5, 0.6) is 11.8 Å². The molecule has 0 amide bonds. The standard InChI is InChI=1S/C23H20F3N3O4S/c1-22(2)9-8-15-17(11-22)28-21(33-34(30,31)23(24,25)26)16(12-27)19(15)20-14-7-5-4-6-13(14)10-18(29-20)32-3/h4-7,10H,8-9,11H2,1-3H3. The van der Waals surface area contributed by atoms with Crippen LogP contribution in [0, 0.1) is 16.7 Å². The molecule has 1 aliphatic carbocycles. The maximum absolute atomic E-state index is 13.1. The average Bonchev–Trinajstić information content (AvgIpc) is 2.75. The van der Waals surface area contributed by atoms with Gasteiger partial charge in [0.2, 0.25) is 5.88 Å². The monoisotopic (exact) mass is 491 g/mol. The molecule has 0 saturated heterocycles. The van der Waals surface area contributed by atoms with Crippen LogP contribution in [0.4, 0.5) is 13.2 Å². The lowest BCUT2D eigenvalue weighted by Crippen LogP contribution is -2.30. The summed E-state index contributed by atoms with van der Waals surface area (Å²) in [5.74, 6) is -0.690. The number of fused-ring (bicyclic) bond motifs is 2. The van der Waals surface area contributed by atoms with Crippen LogP contribution in [0.25, 0.3) is 22.0 Å². The van der Waals surface area contributed by atoms with Crippen molar-refractivity contribution in [3.05, 3.63) is 47.2 Å². The van der Waals surface area contributed by atoms with Crippen molar-refractivity contribution in [2.45, 2.75) is 38.6 Å². The lowest BCUT2D eigenvalue weighted by molar-refractivity contribution is -0.0501. The number of pyridine rings is 2. The van der Waals surface area contributed by atoms with E-state index in [1.807, 2.05) is 19.9 Å². The molecule has 0 radical (unpaired) electrons. The Morgan fingerprint density at radius 1 is 1.18 bits per heavy atom. The number of methoxy groups -OCH3 is 1. The summed E-state index contributed by atoms with van der Waals surface area (Å²) >= 11 is 0. The van der Waals surface area contributed by atoms with Gasteiger partial charge in [-0.15, -0.1) is 0 Å². The molecule has 7 nitrogen and oxygen atoms in total. The molecule has 178 valence electrons. The molecule has 3 aromatic rings. The number of hydrogen-bond donors (Lipinski definition) is 0. The summed E-state index contributed by atoms with van der Waals surface area (Å²) in [5.41, 5.74) is -4.89. The molecule has 0 N–H and O–H groups in total. The molecule has 2 aromatic heterocycles. The fourth-order valence-corrected chi connectivity index (χ4v) is 4.54. The summed E-state index contributed by atoms with van der Waals surface area (Å²) in [5, 5.41) is 11.3. The van der Waals surface area contributed by atoms with E-state index < -0.39 is 27.1 Å². The highest BCUT2D eigenvalue weighted by atomic mass is 32.2. The number of halogens is 3. The van der Waals surface area contributed by atoms with Gasteiger partial charge in [-0.2, -0.15) is 26.9 Å². The van der Waals surface area contributed by atoms with Crippen molar-refractivity contribution in [1.29, 1.82) is 5.26 Å². The first kappa shape index (κ1) is 23.8. The summed E-state index contributed by atoms with van der Waals surface area (Å²) < 4.78 is 72.6. The third kappa shape index (κ3) is 4.14. The molecule has 0 unspecified atom stereocenters. The minimum absolute atomic E-state index is 0.200. The number of aromatic nitrogens is 2. The zero-order valence-electron chi connectivity index (χ0n) is 18.5. The predicted octanol–water partition coefficient (Wildman–Crippen LogP) is 4.92. The molecule has 0 bridgehead atoms. The van der Waals surface area contributed by atoms with Gasteiger partial charge in [0, 0.05) is 22.7 Å². The topological polar surface area (TPSA) is 102 Å². The third-order valence-electron chi connectivity index (χ3n) is 5.80. The maximum atomic E-state index is 13.1. The van der Waals surface area contributed by atoms with Crippen LogP contribution in [0.1, 0.15) is 37.1 Å². The number of rotatable bonds is 4. The number of alkyl halides is 3. The van der Waals surface area contributed by atoms with Gasteiger partial charge in [-0.25, -0.2) is 9.97 Å². The Bertz CT molecular complexity index is 1440. The van der Waals surface area contributed by atoms with Gasteiger partial charge in [-0.05, 0) is 35.6 Å². The van der Waals surface area contributed by atoms with Crippen LogP contribution in [0.15, 0.2) is 30.3 Å². The van der Waals surface area contributed by atoms with E-state index in [0.29, 0.717) is 29.5 Å². The Morgan fingerprint density at radius 3 is 2.53 bits per heavy atom. The normalized spacial score (nSPS) is 15.4. The number of nitriles is 1. The van der Waals surface area contributed by atoms with E-state index in [9.17, 15) is 26.9 Å². The second-order valence-electron chi connectivity index (χ2n) is 8.76. The van der Waals surface area contributed by atoms with Gasteiger partial charge in [0.15, 0.2) is 0 Å². The molecule has 4 rings (SSSR count). The van der Waals surface area contributed by atoms with Crippen LogP contribution in [0.2, 0.25) is 0 Å². The second kappa shape index (κ2) is 8.13. The molecule has 1 aromatic carbocycles. The molecular formula is C23H20F3N3O4S. The van der Waals surface area contributed by atoms with Crippen LogP contribution < -0.4 is 8.92 Å². The fraction of sp³-hybridized carbons (Fsp3) is 0.348. The molecule has 0 spiro atoms. The van der Waals surface area contributed by atoms with Crippen LogP contribution in [0.3, 0.4) is 0 Å². The zero-order valence-corrected chi connectivity index (χ0v) is 19.3. The van der Waals surface area contributed by atoms with Gasteiger partial charge >= 0.3 is 15.6 Å². The predicted molar refractivity (Wildman–Crippen MR) is 118 cm³/mol. The molecule has 0 atom stereocenters. The lowest BCUT2D eigenvalue weighted by atomic mass is 9.74. The number of ether oxygens (including phenoxy) is 1. The summed E-state index contributed by atoms with van der Waals surface area (Å²) in [7, 11) is -4.63. The Hall–Kier alpha value is -3.39. The number of nitrogens with zero attached hydrogens (tertiary/aromatic N) is 3. The number of benzene rings is 1. The first-order valence-electron chi connectivity index (χ1n) is 10.3. The molecule has 0 fully saturated rings. The minimum atomic E-state index is -6.05. The van der Waals surface area contributed by atoms with Gasteiger partial charge < -0.3 is 8.92 Å². The Balaban J connectivity index is 2.10. The minimum Gasteiger partial charge on any atom is -0.481 e. The van der Waals surface area contributed by atoms with E-state index in [0.717, 1.165) is 11.8 Å². The van der Waals surface area contributed by atoms with E-state index in [2.05, 4.69) is 14.2 Å². The molecule has 2 heterocycles. The highest BCUT2D eigenvalue weighted by molar-refractivity contribution is 7.88. The highest BCUT2D eigenvalue weighted by Crippen LogP contribution is 2.44. The van der Waals surface area contributed by atoms with Crippen molar-refractivity contribution >= 4 is 20.9 Å². The summed E-state index contributed by atoms with van der Waals surface area (Å²) in [6.45, 7) is 3.95. The fourth-order valence-electron chi connectivity index (χ4n) is 4.11. The molecular weight excluding hydrogens is 471 g/mol. The first-order chi connectivity index (χ1) is 15.9. The Morgan fingerprint density at radius 2 is 1.88 bits per heavy atom. The van der Waals surface area contributed by atoms with Crippen molar-refractivity contribution < 1.29 is 30.5 Å². The third-order valence-corrected chi connectivity index (χ3v) is 6.74. The second-order valence-corrected chi connectivity index (χ2v) is 10.3. The quantitative estimate of drug-likeness (QED) is 0.377. The molecule has 1 aliphatic rings. The van der Waals surface area contributed by atoms with Gasteiger partial charge in [-0.3, -0.25) is 0 Å². The number of hydrogen-bond acceptors (Lipinski definition) is 7. The van der Waals surface area contributed by atoms with E-state index in [1.54, 1.807) is 30.3 Å². The van der Waals surface area contributed by atoms with Crippen molar-refractivity contribution in [2.75, 3.05) is 7.11 Å². The molecule has 34 heavy (non-hydrogen) atoms. The van der Waals surface area contributed by atoms with Gasteiger partial charge in [-0.1, -0.05) is 38.1 Å². The molecule has 11 heteroatoms. The van der Waals surface area contributed by atoms with Gasteiger partial charge in [0.05, 0.1) is 12.8 Å². The van der Waals surface area contributed by atoms with Crippen LogP contribution in [-0.4, -0.2) is 31.0 Å².